The third-order valence-corrected chi connectivity index (χ3v) is 3.87. The van der Waals surface area contributed by atoms with Gasteiger partial charge in [0.1, 0.15) is 0 Å². The summed E-state index contributed by atoms with van der Waals surface area (Å²) in [4.78, 5) is 4.26. The van der Waals surface area contributed by atoms with E-state index < -0.39 is 7.12 Å². The fourth-order valence-electron chi connectivity index (χ4n) is 1.52. The van der Waals surface area contributed by atoms with Crippen molar-refractivity contribution in [1.82, 2.24) is 4.98 Å². The topological polar surface area (TPSA) is 53.4 Å². The summed E-state index contributed by atoms with van der Waals surface area (Å²) in [6, 6.07) is 11.1. The number of nitrogens with zero attached hydrogens (tertiary/aromatic N) is 1. The Hall–Kier alpha value is -0.815. The van der Waals surface area contributed by atoms with Crippen molar-refractivity contribution >= 4 is 40.3 Å². The van der Waals surface area contributed by atoms with Crippen LogP contribution in [0.3, 0.4) is 0 Å². The normalized spacial score (nSPS) is 10.4. The summed E-state index contributed by atoms with van der Waals surface area (Å²) in [5.74, 6) is 0.655. The Labute approximate surface area is 119 Å². The van der Waals surface area contributed by atoms with Gasteiger partial charge in [-0.15, -0.1) is 11.8 Å². The molecule has 0 aliphatic carbocycles. The van der Waals surface area contributed by atoms with Crippen molar-refractivity contribution in [2.45, 2.75) is 10.8 Å². The highest BCUT2D eigenvalue weighted by molar-refractivity contribution is 9.10. The number of halogens is 1. The molecule has 1 heterocycles. The molecule has 0 bridgehead atoms. The average Bonchev–Trinajstić information content (AvgIpc) is 2.38. The zero-order chi connectivity index (χ0) is 13.0. The van der Waals surface area contributed by atoms with Crippen LogP contribution in [0.5, 0.6) is 0 Å². The molecule has 2 rings (SSSR count). The summed E-state index contributed by atoms with van der Waals surface area (Å²) in [6.45, 7) is 0. The van der Waals surface area contributed by atoms with E-state index in [0.717, 1.165) is 15.1 Å². The highest BCUT2D eigenvalue weighted by Crippen LogP contribution is 2.21. The van der Waals surface area contributed by atoms with Gasteiger partial charge in [0.15, 0.2) is 0 Å². The van der Waals surface area contributed by atoms with Gasteiger partial charge in [-0.3, -0.25) is 0 Å². The largest absolute Gasteiger partial charge is 0.488 e. The first-order valence-electron chi connectivity index (χ1n) is 5.35. The van der Waals surface area contributed by atoms with Gasteiger partial charge >= 0.3 is 7.12 Å². The van der Waals surface area contributed by atoms with Crippen LogP contribution in [0.1, 0.15) is 5.56 Å². The van der Waals surface area contributed by atoms with Crippen LogP contribution in [0.25, 0.3) is 0 Å². The van der Waals surface area contributed by atoms with E-state index in [1.807, 2.05) is 24.3 Å². The van der Waals surface area contributed by atoms with E-state index in [1.54, 1.807) is 30.1 Å². The molecule has 2 aromatic rings. The predicted octanol–water partition coefficient (Wildman–Crippen LogP) is 1.82. The standard InChI is InChI=1S/C12H11BBrNO2S/c14-10-5-6-12(15-7-10)18-8-9-3-1-2-4-11(9)13(16)17/h1-7,16-17H,8H2. The molecule has 0 unspecified atom stereocenters. The Balaban J connectivity index is 2.08. The molecule has 0 fully saturated rings. The van der Waals surface area contributed by atoms with Gasteiger partial charge in [0.25, 0.3) is 0 Å². The van der Waals surface area contributed by atoms with Crippen LogP contribution in [0.15, 0.2) is 52.1 Å². The maximum absolute atomic E-state index is 9.26. The minimum Gasteiger partial charge on any atom is -0.423 e. The molecule has 1 aromatic carbocycles. The molecule has 0 aliphatic heterocycles. The minimum absolute atomic E-state index is 0.544. The number of rotatable bonds is 4. The number of hydrogen-bond donors (Lipinski definition) is 2. The monoisotopic (exact) mass is 323 g/mol. The minimum atomic E-state index is -1.43. The molecule has 0 amide bonds. The van der Waals surface area contributed by atoms with Crippen LogP contribution in [0.2, 0.25) is 0 Å². The van der Waals surface area contributed by atoms with Crippen LogP contribution in [0, 0.1) is 0 Å². The Morgan fingerprint density at radius 3 is 2.61 bits per heavy atom. The second kappa shape index (κ2) is 6.38. The zero-order valence-corrected chi connectivity index (χ0v) is 11.9. The number of pyridine rings is 1. The van der Waals surface area contributed by atoms with E-state index in [4.69, 9.17) is 0 Å². The van der Waals surface area contributed by atoms with Gasteiger partial charge in [-0.05, 0) is 39.1 Å². The lowest BCUT2D eigenvalue weighted by atomic mass is 9.77. The quantitative estimate of drug-likeness (QED) is 0.665. The van der Waals surface area contributed by atoms with Gasteiger partial charge in [-0.2, -0.15) is 0 Å². The highest BCUT2D eigenvalue weighted by atomic mass is 79.9. The van der Waals surface area contributed by atoms with E-state index in [2.05, 4.69) is 20.9 Å². The molecule has 0 aliphatic rings. The lowest BCUT2D eigenvalue weighted by Crippen LogP contribution is -2.32. The molecule has 18 heavy (non-hydrogen) atoms. The lowest BCUT2D eigenvalue weighted by molar-refractivity contribution is 0.425. The van der Waals surface area contributed by atoms with Gasteiger partial charge in [0, 0.05) is 16.4 Å². The zero-order valence-electron chi connectivity index (χ0n) is 9.45. The molecule has 92 valence electrons. The summed E-state index contributed by atoms with van der Waals surface area (Å²) >= 11 is 4.89. The summed E-state index contributed by atoms with van der Waals surface area (Å²) in [6.07, 6.45) is 1.75. The Bertz CT molecular complexity index is 522. The van der Waals surface area contributed by atoms with Crippen LogP contribution >= 0.6 is 27.7 Å². The molecule has 0 radical (unpaired) electrons. The van der Waals surface area contributed by atoms with Crippen molar-refractivity contribution in [2.24, 2.45) is 0 Å². The molecule has 6 heteroatoms. The first-order chi connectivity index (χ1) is 8.66. The Morgan fingerprint density at radius 2 is 1.94 bits per heavy atom. The molecule has 0 saturated heterocycles. The third-order valence-electron chi connectivity index (χ3n) is 2.41. The predicted molar refractivity (Wildman–Crippen MR) is 77.8 cm³/mol. The maximum Gasteiger partial charge on any atom is 0.488 e. The number of benzene rings is 1. The van der Waals surface area contributed by atoms with Crippen molar-refractivity contribution < 1.29 is 10.0 Å². The molecule has 0 atom stereocenters. The van der Waals surface area contributed by atoms with Crippen molar-refractivity contribution in [1.29, 1.82) is 0 Å². The maximum atomic E-state index is 9.26. The molecular formula is C12H11BBrNO2S. The molecule has 0 spiro atoms. The van der Waals surface area contributed by atoms with Gasteiger partial charge in [-0.1, -0.05) is 24.3 Å². The number of thioether (sulfide) groups is 1. The van der Waals surface area contributed by atoms with Crippen LogP contribution < -0.4 is 5.46 Å². The summed E-state index contributed by atoms with van der Waals surface area (Å²) in [5.41, 5.74) is 1.45. The molecule has 1 aromatic heterocycles. The lowest BCUT2D eigenvalue weighted by Gasteiger charge is -2.07. The first-order valence-corrected chi connectivity index (χ1v) is 7.13. The van der Waals surface area contributed by atoms with E-state index in [9.17, 15) is 10.0 Å². The van der Waals surface area contributed by atoms with E-state index in [-0.39, 0.29) is 0 Å². The highest BCUT2D eigenvalue weighted by Gasteiger charge is 2.15. The van der Waals surface area contributed by atoms with Crippen molar-refractivity contribution in [3.05, 3.63) is 52.6 Å². The van der Waals surface area contributed by atoms with Crippen LogP contribution in [-0.2, 0) is 5.75 Å². The van der Waals surface area contributed by atoms with Crippen LogP contribution in [0.4, 0.5) is 0 Å². The second-order valence-electron chi connectivity index (χ2n) is 3.68. The van der Waals surface area contributed by atoms with Gasteiger partial charge < -0.3 is 10.0 Å². The average molecular weight is 324 g/mol. The smallest absolute Gasteiger partial charge is 0.423 e. The van der Waals surface area contributed by atoms with E-state index in [0.29, 0.717) is 11.2 Å². The van der Waals surface area contributed by atoms with Crippen molar-refractivity contribution in [3.63, 3.8) is 0 Å². The molecule has 3 nitrogen and oxygen atoms in total. The SMILES string of the molecule is OB(O)c1ccccc1CSc1ccc(Br)cn1. The number of aromatic nitrogens is 1. The fraction of sp³-hybridized carbons (Fsp3) is 0.0833. The molecular weight excluding hydrogens is 313 g/mol. The van der Waals surface area contributed by atoms with Gasteiger partial charge in [0.2, 0.25) is 0 Å². The van der Waals surface area contributed by atoms with Gasteiger partial charge in [0.05, 0.1) is 5.03 Å². The van der Waals surface area contributed by atoms with E-state index in [1.165, 1.54) is 0 Å². The summed E-state index contributed by atoms with van der Waals surface area (Å²) in [7, 11) is -1.43. The Kier molecular flexibility index (Phi) is 4.83. The second-order valence-corrected chi connectivity index (χ2v) is 5.59. The fourth-order valence-corrected chi connectivity index (χ4v) is 2.61. The van der Waals surface area contributed by atoms with Crippen molar-refractivity contribution in [3.8, 4) is 0 Å². The summed E-state index contributed by atoms with van der Waals surface area (Å²) in [5, 5.41) is 19.4. The van der Waals surface area contributed by atoms with Crippen molar-refractivity contribution in [2.75, 3.05) is 0 Å². The van der Waals surface area contributed by atoms with Crippen LogP contribution in [-0.4, -0.2) is 22.2 Å². The Morgan fingerprint density at radius 1 is 1.17 bits per heavy atom. The van der Waals surface area contributed by atoms with E-state index >= 15 is 0 Å². The first kappa shape index (κ1) is 13.6. The number of hydrogen-bond acceptors (Lipinski definition) is 4. The summed E-state index contributed by atoms with van der Waals surface area (Å²) < 4.78 is 0.943. The molecule has 0 saturated carbocycles. The third kappa shape index (κ3) is 3.59. The van der Waals surface area contributed by atoms with Gasteiger partial charge in [-0.25, -0.2) is 4.98 Å². The molecule has 2 N–H and O–H groups in total.